The summed E-state index contributed by atoms with van der Waals surface area (Å²) < 4.78 is 0. The van der Waals surface area contributed by atoms with Gasteiger partial charge in [0.1, 0.15) is 0 Å². The van der Waals surface area contributed by atoms with Gasteiger partial charge in [0, 0.05) is 24.7 Å². The van der Waals surface area contributed by atoms with Gasteiger partial charge >= 0.3 is 0 Å². The van der Waals surface area contributed by atoms with Gasteiger partial charge in [-0.25, -0.2) is 0 Å². The second kappa shape index (κ2) is 6.55. The lowest BCUT2D eigenvalue weighted by Gasteiger charge is -2.34. The molecule has 3 rings (SSSR count). The van der Waals surface area contributed by atoms with E-state index < -0.39 is 0 Å². The molecule has 1 aliphatic rings. The molecule has 2 aromatic carbocycles. The number of benzene rings is 2. The van der Waals surface area contributed by atoms with Gasteiger partial charge in [0.25, 0.3) is 0 Å². The van der Waals surface area contributed by atoms with Crippen molar-refractivity contribution in [1.29, 1.82) is 0 Å². The first-order valence-corrected chi connectivity index (χ1v) is 8.19. The molecule has 1 N–H and O–H groups in total. The Kier molecular flexibility index (Phi) is 4.49. The molecule has 1 heterocycles. The van der Waals surface area contributed by atoms with Crippen molar-refractivity contribution < 1.29 is 4.79 Å². The van der Waals surface area contributed by atoms with Gasteiger partial charge in [-0.05, 0) is 61.7 Å². The van der Waals surface area contributed by atoms with E-state index in [9.17, 15) is 4.79 Å². The van der Waals surface area contributed by atoms with Crippen molar-refractivity contribution in [3.05, 3.63) is 64.7 Å². The van der Waals surface area contributed by atoms with Crippen molar-refractivity contribution >= 4 is 11.6 Å². The van der Waals surface area contributed by atoms with Crippen molar-refractivity contribution in [3.63, 3.8) is 0 Å². The third-order valence-electron chi connectivity index (χ3n) is 4.56. The first-order chi connectivity index (χ1) is 11.0. The Morgan fingerprint density at radius 3 is 2.61 bits per heavy atom. The van der Waals surface area contributed by atoms with Crippen LogP contribution in [-0.2, 0) is 11.2 Å². The molecule has 0 radical (unpaired) electrons. The number of amides is 1. The molecule has 1 atom stereocenters. The molecule has 120 valence electrons. The number of nitrogens with zero attached hydrogens (tertiary/aromatic N) is 1. The minimum absolute atomic E-state index is 0.0727. The Morgan fingerprint density at radius 1 is 1.17 bits per heavy atom. The molecule has 0 saturated heterocycles. The summed E-state index contributed by atoms with van der Waals surface area (Å²) in [5.74, 6) is 0.0727. The van der Waals surface area contributed by atoms with E-state index in [2.05, 4.69) is 47.6 Å². The maximum absolute atomic E-state index is 12.5. The smallest absolute Gasteiger partial charge is 0.226 e. The Bertz CT molecular complexity index is 703. The van der Waals surface area contributed by atoms with Crippen molar-refractivity contribution in [3.8, 4) is 0 Å². The Hall–Kier alpha value is -2.13. The van der Waals surface area contributed by atoms with Crippen LogP contribution in [0.25, 0.3) is 0 Å². The molecule has 0 aliphatic carbocycles. The minimum atomic E-state index is 0.0727. The topological polar surface area (TPSA) is 32.3 Å². The van der Waals surface area contributed by atoms with E-state index in [-0.39, 0.29) is 11.9 Å². The zero-order valence-electron chi connectivity index (χ0n) is 14.1. The predicted octanol–water partition coefficient (Wildman–Crippen LogP) is 3.86. The molecule has 0 spiro atoms. The third-order valence-corrected chi connectivity index (χ3v) is 4.56. The van der Waals surface area contributed by atoms with Crippen LogP contribution in [0.2, 0.25) is 0 Å². The number of carbonyl (C=O) groups is 1. The molecule has 1 aliphatic heterocycles. The molecule has 0 aromatic heterocycles. The lowest BCUT2D eigenvalue weighted by Crippen LogP contribution is -2.34. The molecule has 3 nitrogen and oxygen atoms in total. The molecular formula is C20H24N2O. The van der Waals surface area contributed by atoms with Crippen molar-refractivity contribution in [2.24, 2.45) is 0 Å². The number of nitrogens with one attached hydrogen (secondary N) is 1. The highest BCUT2D eigenvalue weighted by atomic mass is 16.1. The molecular weight excluding hydrogens is 284 g/mol. The lowest BCUT2D eigenvalue weighted by atomic mass is 9.91. The fraction of sp³-hybridized carbons (Fsp3) is 0.350. The van der Waals surface area contributed by atoms with Gasteiger partial charge in [-0.15, -0.1) is 0 Å². The standard InChI is InChI=1S/C20H24N2O/c1-14-10-15(2)12-17(11-14)21-20(23)13-19-18-7-5-4-6-16(18)8-9-22(19)3/h4-7,10-12,19H,8-9,13H2,1-3H3,(H,21,23). The number of carbonyl (C=O) groups excluding carboxylic acids is 1. The summed E-state index contributed by atoms with van der Waals surface area (Å²) in [5.41, 5.74) is 5.88. The van der Waals surface area contributed by atoms with Crippen LogP contribution in [0.5, 0.6) is 0 Å². The lowest BCUT2D eigenvalue weighted by molar-refractivity contribution is -0.117. The Balaban J connectivity index is 1.75. The number of rotatable bonds is 3. The van der Waals surface area contributed by atoms with Gasteiger partial charge in [-0.3, -0.25) is 9.69 Å². The van der Waals surface area contributed by atoms with Crippen LogP contribution in [0.15, 0.2) is 42.5 Å². The third kappa shape index (κ3) is 3.62. The second-order valence-corrected chi connectivity index (χ2v) is 6.57. The molecule has 0 saturated carbocycles. The van der Waals surface area contributed by atoms with Crippen LogP contribution in [0.1, 0.15) is 34.7 Å². The summed E-state index contributed by atoms with van der Waals surface area (Å²) in [4.78, 5) is 14.8. The van der Waals surface area contributed by atoms with E-state index in [1.807, 2.05) is 26.0 Å². The fourth-order valence-electron chi connectivity index (χ4n) is 3.48. The van der Waals surface area contributed by atoms with E-state index in [0.29, 0.717) is 6.42 Å². The first-order valence-electron chi connectivity index (χ1n) is 8.19. The predicted molar refractivity (Wildman–Crippen MR) is 94.7 cm³/mol. The first kappa shape index (κ1) is 15.8. The summed E-state index contributed by atoms with van der Waals surface area (Å²) in [6.07, 6.45) is 1.54. The quantitative estimate of drug-likeness (QED) is 0.934. The fourth-order valence-corrected chi connectivity index (χ4v) is 3.48. The van der Waals surface area contributed by atoms with E-state index in [4.69, 9.17) is 0 Å². The SMILES string of the molecule is Cc1cc(C)cc(NC(=O)CC2c3ccccc3CCN2C)c1. The zero-order chi connectivity index (χ0) is 16.4. The van der Waals surface area contributed by atoms with Crippen LogP contribution in [0.3, 0.4) is 0 Å². The van der Waals surface area contributed by atoms with Crippen molar-refractivity contribution in [2.45, 2.75) is 32.7 Å². The van der Waals surface area contributed by atoms with Gasteiger partial charge in [-0.2, -0.15) is 0 Å². The maximum Gasteiger partial charge on any atom is 0.226 e. The summed E-state index contributed by atoms with van der Waals surface area (Å²) in [5, 5.41) is 3.06. The van der Waals surface area contributed by atoms with E-state index >= 15 is 0 Å². The number of fused-ring (bicyclic) bond motifs is 1. The number of anilines is 1. The van der Waals surface area contributed by atoms with Crippen LogP contribution in [-0.4, -0.2) is 24.4 Å². The van der Waals surface area contributed by atoms with Crippen LogP contribution >= 0.6 is 0 Å². The van der Waals surface area contributed by atoms with Gasteiger partial charge < -0.3 is 5.32 Å². The zero-order valence-corrected chi connectivity index (χ0v) is 14.1. The van der Waals surface area contributed by atoms with Crippen LogP contribution in [0.4, 0.5) is 5.69 Å². The highest BCUT2D eigenvalue weighted by molar-refractivity contribution is 5.91. The van der Waals surface area contributed by atoms with Crippen LogP contribution < -0.4 is 5.32 Å². The molecule has 2 aromatic rings. The highest BCUT2D eigenvalue weighted by Crippen LogP contribution is 2.31. The average molecular weight is 308 g/mol. The van der Waals surface area contributed by atoms with Gasteiger partial charge in [0.15, 0.2) is 0 Å². The molecule has 1 amide bonds. The molecule has 1 unspecified atom stereocenters. The minimum Gasteiger partial charge on any atom is -0.326 e. The Morgan fingerprint density at radius 2 is 1.87 bits per heavy atom. The number of likely N-dealkylation sites (N-methyl/N-ethyl adjacent to an activating group) is 1. The normalized spacial score (nSPS) is 17.6. The highest BCUT2D eigenvalue weighted by Gasteiger charge is 2.26. The van der Waals surface area contributed by atoms with E-state index in [0.717, 1.165) is 18.7 Å². The monoisotopic (exact) mass is 308 g/mol. The average Bonchev–Trinajstić information content (AvgIpc) is 2.49. The molecule has 3 heteroatoms. The maximum atomic E-state index is 12.5. The molecule has 0 bridgehead atoms. The number of hydrogen-bond donors (Lipinski definition) is 1. The van der Waals surface area contributed by atoms with Gasteiger partial charge in [-0.1, -0.05) is 30.3 Å². The van der Waals surface area contributed by atoms with Crippen molar-refractivity contribution in [2.75, 3.05) is 18.9 Å². The summed E-state index contributed by atoms with van der Waals surface area (Å²) in [7, 11) is 2.10. The summed E-state index contributed by atoms with van der Waals surface area (Å²) >= 11 is 0. The number of hydrogen-bond acceptors (Lipinski definition) is 2. The molecule has 23 heavy (non-hydrogen) atoms. The largest absolute Gasteiger partial charge is 0.326 e. The second-order valence-electron chi connectivity index (χ2n) is 6.57. The summed E-state index contributed by atoms with van der Waals surface area (Å²) in [6, 6.07) is 14.8. The van der Waals surface area contributed by atoms with Gasteiger partial charge in [0.2, 0.25) is 5.91 Å². The van der Waals surface area contributed by atoms with Crippen LogP contribution in [0, 0.1) is 13.8 Å². The summed E-state index contributed by atoms with van der Waals surface area (Å²) in [6.45, 7) is 5.10. The Labute approximate surface area is 138 Å². The van der Waals surface area contributed by atoms with E-state index in [1.165, 1.54) is 22.3 Å². The number of aryl methyl sites for hydroxylation is 2. The van der Waals surface area contributed by atoms with Crippen molar-refractivity contribution in [1.82, 2.24) is 4.90 Å². The molecule has 0 fully saturated rings. The van der Waals surface area contributed by atoms with E-state index in [1.54, 1.807) is 0 Å². The van der Waals surface area contributed by atoms with Gasteiger partial charge in [0.05, 0.1) is 0 Å².